The highest BCUT2D eigenvalue weighted by atomic mass is 16.1. The summed E-state index contributed by atoms with van der Waals surface area (Å²) in [5.74, 6) is -0.126. The van der Waals surface area contributed by atoms with Gasteiger partial charge in [-0.05, 0) is 31.7 Å². The van der Waals surface area contributed by atoms with Gasteiger partial charge in [-0.25, -0.2) is 0 Å². The lowest BCUT2D eigenvalue weighted by Gasteiger charge is -2.22. The van der Waals surface area contributed by atoms with Crippen molar-refractivity contribution in [3.8, 4) is 0 Å². The zero-order valence-electron chi connectivity index (χ0n) is 13.1. The number of likely N-dealkylation sites (N-methyl/N-ethyl adjacent to an activating group) is 1. The summed E-state index contributed by atoms with van der Waals surface area (Å²) >= 11 is 0. The average molecular weight is 297 g/mol. The van der Waals surface area contributed by atoms with Crippen LogP contribution in [0.15, 0.2) is 54.6 Å². The highest BCUT2D eigenvalue weighted by Crippen LogP contribution is 2.10. The molecule has 22 heavy (non-hydrogen) atoms. The van der Waals surface area contributed by atoms with Gasteiger partial charge in [0.1, 0.15) is 0 Å². The summed E-state index contributed by atoms with van der Waals surface area (Å²) in [7, 11) is 2.05. The largest absolute Gasteiger partial charge is 0.398 e. The van der Waals surface area contributed by atoms with E-state index in [1.54, 1.807) is 12.1 Å². The summed E-state index contributed by atoms with van der Waals surface area (Å²) in [6, 6.07) is 17.4. The van der Waals surface area contributed by atoms with Crippen molar-refractivity contribution in [1.82, 2.24) is 10.2 Å². The topological polar surface area (TPSA) is 58.4 Å². The first-order valence-electron chi connectivity index (χ1n) is 7.44. The van der Waals surface area contributed by atoms with E-state index in [0.717, 1.165) is 13.1 Å². The van der Waals surface area contributed by atoms with Gasteiger partial charge in [0, 0.05) is 24.8 Å². The minimum atomic E-state index is -0.126. The summed E-state index contributed by atoms with van der Waals surface area (Å²) in [6.07, 6.45) is 0. The number of nitrogen functional groups attached to an aromatic ring is 1. The zero-order valence-corrected chi connectivity index (χ0v) is 13.1. The van der Waals surface area contributed by atoms with Crippen LogP contribution in [0.3, 0.4) is 0 Å². The van der Waals surface area contributed by atoms with Crippen LogP contribution >= 0.6 is 0 Å². The molecule has 0 fully saturated rings. The Morgan fingerprint density at radius 3 is 2.45 bits per heavy atom. The highest BCUT2D eigenvalue weighted by molar-refractivity contribution is 5.99. The monoisotopic (exact) mass is 297 g/mol. The lowest BCUT2D eigenvalue weighted by molar-refractivity contribution is 0.0932. The van der Waals surface area contributed by atoms with Crippen LogP contribution in [-0.2, 0) is 6.54 Å². The van der Waals surface area contributed by atoms with Gasteiger partial charge in [0.05, 0.1) is 5.56 Å². The molecule has 1 atom stereocenters. The van der Waals surface area contributed by atoms with Gasteiger partial charge in [-0.15, -0.1) is 0 Å². The van der Waals surface area contributed by atoms with Gasteiger partial charge in [-0.1, -0.05) is 42.5 Å². The fourth-order valence-electron chi connectivity index (χ4n) is 2.48. The van der Waals surface area contributed by atoms with E-state index in [-0.39, 0.29) is 11.9 Å². The number of carbonyl (C=O) groups excluding carboxylic acids is 1. The molecular formula is C18H23N3O. The zero-order chi connectivity index (χ0) is 15.9. The van der Waals surface area contributed by atoms with E-state index in [4.69, 9.17) is 5.73 Å². The number of para-hydroxylation sites is 1. The van der Waals surface area contributed by atoms with Crippen LogP contribution in [0, 0.1) is 0 Å². The third-order valence-electron chi connectivity index (χ3n) is 3.46. The van der Waals surface area contributed by atoms with E-state index >= 15 is 0 Å². The molecule has 116 valence electrons. The minimum Gasteiger partial charge on any atom is -0.398 e. The molecule has 2 aromatic carbocycles. The number of nitrogens with one attached hydrogen (secondary N) is 1. The van der Waals surface area contributed by atoms with Gasteiger partial charge in [-0.3, -0.25) is 4.79 Å². The van der Waals surface area contributed by atoms with Gasteiger partial charge in [-0.2, -0.15) is 0 Å². The molecule has 0 aliphatic heterocycles. The molecular weight excluding hydrogens is 274 g/mol. The predicted octanol–water partition coefficient (Wildman–Crippen LogP) is 2.52. The summed E-state index contributed by atoms with van der Waals surface area (Å²) in [4.78, 5) is 14.4. The maximum absolute atomic E-state index is 12.2. The smallest absolute Gasteiger partial charge is 0.253 e. The van der Waals surface area contributed by atoms with E-state index in [9.17, 15) is 4.79 Å². The Morgan fingerprint density at radius 2 is 1.77 bits per heavy atom. The molecule has 0 saturated heterocycles. The second-order valence-corrected chi connectivity index (χ2v) is 5.64. The Morgan fingerprint density at radius 1 is 1.14 bits per heavy atom. The molecule has 3 N–H and O–H groups in total. The van der Waals surface area contributed by atoms with E-state index in [1.165, 1.54) is 5.56 Å². The number of anilines is 1. The molecule has 0 bridgehead atoms. The number of benzene rings is 2. The molecule has 0 aliphatic carbocycles. The van der Waals surface area contributed by atoms with Crippen molar-refractivity contribution in [3.05, 3.63) is 65.7 Å². The second-order valence-electron chi connectivity index (χ2n) is 5.64. The molecule has 0 aromatic heterocycles. The summed E-state index contributed by atoms with van der Waals surface area (Å²) < 4.78 is 0. The number of hydrogen-bond acceptors (Lipinski definition) is 3. The minimum absolute atomic E-state index is 0.0424. The van der Waals surface area contributed by atoms with E-state index in [2.05, 4.69) is 22.3 Å². The molecule has 0 heterocycles. The quantitative estimate of drug-likeness (QED) is 0.806. The maximum atomic E-state index is 12.2. The Balaban J connectivity index is 1.86. The molecule has 1 unspecified atom stereocenters. The molecule has 4 heteroatoms. The average Bonchev–Trinajstić information content (AvgIpc) is 2.48. The Labute approximate surface area is 131 Å². The number of amides is 1. The van der Waals surface area contributed by atoms with Crippen LogP contribution in [0.25, 0.3) is 0 Å². The summed E-state index contributed by atoms with van der Waals surface area (Å²) in [5.41, 5.74) is 8.12. The predicted molar refractivity (Wildman–Crippen MR) is 90.6 cm³/mol. The van der Waals surface area contributed by atoms with Gasteiger partial charge in [0.2, 0.25) is 0 Å². The van der Waals surface area contributed by atoms with Crippen LogP contribution in [-0.4, -0.2) is 30.4 Å². The highest BCUT2D eigenvalue weighted by Gasteiger charge is 2.13. The van der Waals surface area contributed by atoms with Gasteiger partial charge >= 0.3 is 0 Å². The normalized spacial score (nSPS) is 12.1. The van der Waals surface area contributed by atoms with Crippen molar-refractivity contribution in [2.45, 2.75) is 19.5 Å². The number of hydrogen-bond donors (Lipinski definition) is 2. The van der Waals surface area contributed by atoms with Crippen molar-refractivity contribution in [3.63, 3.8) is 0 Å². The molecule has 0 spiro atoms. The number of carbonyl (C=O) groups is 1. The Kier molecular flexibility index (Phi) is 5.55. The number of nitrogens with two attached hydrogens (primary N) is 1. The lowest BCUT2D eigenvalue weighted by Crippen LogP contribution is -2.40. The molecule has 0 aliphatic rings. The van der Waals surface area contributed by atoms with Crippen molar-refractivity contribution in [1.29, 1.82) is 0 Å². The van der Waals surface area contributed by atoms with E-state index in [1.807, 2.05) is 44.3 Å². The first kappa shape index (κ1) is 16.0. The third-order valence-corrected chi connectivity index (χ3v) is 3.46. The molecule has 2 rings (SSSR count). The lowest BCUT2D eigenvalue weighted by atomic mass is 10.1. The number of nitrogens with zero attached hydrogens (tertiary/aromatic N) is 1. The van der Waals surface area contributed by atoms with E-state index < -0.39 is 0 Å². The molecule has 0 saturated carbocycles. The fourth-order valence-corrected chi connectivity index (χ4v) is 2.48. The van der Waals surface area contributed by atoms with Crippen LogP contribution < -0.4 is 11.1 Å². The van der Waals surface area contributed by atoms with Crippen molar-refractivity contribution >= 4 is 11.6 Å². The molecule has 4 nitrogen and oxygen atoms in total. The maximum Gasteiger partial charge on any atom is 0.253 e. The van der Waals surface area contributed by atoms with Gasteiger partial charge < -0.3 is 16.0 Å². The van der Waals surface area contributed by atoms with Crippen LogP contribution in [0.2, 0.25) is 0 Å². The standard InChI is InChI=1S/C18H23N3O/c1-14(12-21(2)13-15-8-4-3-5-9-15)20-18(22)16-10-6-7-11-17(16)19/h3-11,14H,12-13,19H2,1-2H3,(H,20,22). The molecule has 1 amide bonds. The Hall–Kier alpha value is -2.33. The van der Waals surface area contributed by atoms with Crippen molar-refractivity contribution < 1.29 is 4.79 Å². The number of rotatable bonds is 6. The van der Waals surface area contributed by atoms with Crippen molar-refractivity contribution in [2.75, 3.05) is 19.3 Å². The molecule has 2 aromatic rings. The van der Waals surface area contributed by atoms with Gasteiger partial charge in [0.25, 0.3) is 5.91 Å². The first-order chi connectivity index (χ1) is 10.6. The Bertz CT molecular complexity index is 613. The molecule has 0 radical (unpaired) electrons. The van der Waals surface area contributed by atoms with Gasteiger partial charge in [0.15, 0.2) is 0 Å². The second kappa shape index (κ2) is 7.61. The SMILES string of the molecule is CC(CN(C)Cc1ccccc1)NC(=O)c1ccccc1N. The third kappa shape index (κ3) is 4.60. The van der Waals surface area contributed by atoms with Crippen LogP contribution in [0.1, 0.15) is 22.8 Å². The van der Waals surface area contributed by atoms with Crippen molar-refractivity contribution in [2.24, 2.45) is 0 Å². The summed E-state index contributed by atoms with van der Waals surface area (Å²) in [5, 5.41) is 2.99. The first-order valence-corrected chi connectivity index (χ1v) is 7.44. The van der Waals surface area contributed by atoms with E-state index in [0.29, 0.717) is 11.3 Å². The fraction of sp³-hybridized carbons (Fsp3) is 0.278. The van der Waals surface area contributed by atoms with Crippen LogP contribution in [0.4, 0.5) is 5.69 Å². The van der Waals surface area contributed by atoms with Crippen LogP contribution in [0.5, 0.6) is 0 Å². The summed E-state index contributed by atoms with van der Waals surface area (Å²) in [6.45, 7) is 3.63.